The van der Waals surface area contributed by atoms with Crippen LogP contribution in [-0.2, 0) is 0 Å². The van der Waals surface area contributed by atoms with Gasteiger partial charge in [0.05, 0.1) is 5.56 Å². The van der Waals surface area contributed by atoms with Gasteiger partial charge in [0.15, 0.2) is 0 Å². The monoisotopic (exact) mass is 259 g/mol. The number of halogens is 1. The van der Waals surface area contributed by atoms with Gasteiger partial charge in [0.2, 0.25) is 0 Å². The fourth-order valence-corrected chi connectivity index (χ4v) is 3.14. The van der Waals surface area contributed by atoms with E-state index in [1.54, 1.807) is 6.20 Å². The molecule has 1 aliphatic heterocycles. The van der Waals surface area contributed by atoms with Gasteiger partial charge in [-0.15, -0.1) is 0 Å². The normalized spacial score (nSPS) is 26.3. The first-order valence-electron chi connectivity index (χ1n) is 6.29. The van der Waals surface area contributed by atoms with Crippen LogP contribution in [0.3, 0.4) is 0 Å². The largest absolute Gasteiger partial charge is 0.310 e. The molecule has 18 heavy (non-hydrogen) atoms. The molecule has 0 spiro atoms. The number of pyridine rings is 1. The predicted octanol–water partition coefficient (Wildman–Crippen LogP) is 2.76. The van der Waals surface area contributed by atoms with E-state index in [2.05, 4.69) is 22.4 Å². The van der Waals surface area contributed by atoms with E-state index in [1.165, 1.54) is 18.4 Å². The molecular formula is C14H14ClN3. The number of nitrogens with one attached hydrogen (secondary N) is 1. The highest BCUT2D eigenvalue weighted by atomic mass is 35.5. The van der Waals surface area contributed by atoms with Gasteiger partial charge in [0.25, 0.3) is 0 Å². The summed E-state index contributed by atoms with van der Waals surface area (Å²) < 4.78 is 0. The van der Waals surface area contributed by atoms with Crippen molar-refractivity contribution in [1.82, 2.24) is 10.3 Å². The molecule has 1 N–H and O–H groups in total. The molecule has 3 rings (SSSR count). The van der Waals surface area contributed by atoms with Crippen LogP contribution in [0.1, 0.15) is 30.4 Å². The highest BCUT2D eigenvalue weighted by Crippen LogP contribution is 2.36. The molecular weight excluding hydrogens is 246 g/mol. The first-order valence-corrected chi connectivity index (χ1v) is 6.67. The molecule has 1 aliphatic carbocycles. The Hall–Kier alpha value is -1.37. The van der Waals surface area contributed by atoms with Gasteiger partial charge in [-0.25, -0.2) is 4.98 Å². The molecule has 1 saturated heterocycles. The zero-order valence-electron chi connectivity index (χ0n) is 9.99. The number of allylic oxidation sites excluding steroid dienone is 1. The first-order chi connectivity index (χ1) is 8.79. The molecule has 1 aromatic rings. The Morgan fingerprint density at radius 3 is 3.17 bits per heavy atom. The molecule has 3 nitrogen and oxygen atoms in total. The summed E-state index contributed by atoms with van der Waals surface area (Å²) in [5, 5.41) is 12.9. The van der Waals surface area contributed by atoms with E-state index < -0.39 is 0 Å². The van der Waals surface area contributed by atoms with E-state index in [0.29, 0.717) is 11.6 Å². The van der Waals surface area contributed by atoms with Crippen molar-refractivity contribution in [1.29, 1.82) is 5.26 Å². The van der Waals surface area contributed by atoms with Crippen LogP contribution in [0.15, 0.2) is 18.3 Å². The number of rotatable bonds is 1. The smallest absolute Gasteiger partial charge is 0.146 e. The molecule has 4 heteroatoms. The summed E-state index contributed by atoms with van der Waals surface area (Å²) in [7, 11) is 0. The van der Waals surface area contributed by atoms with Crippen LogP contribution >= 0.6 is 11.6 Å². The van der Waals surface area contributed by atoms with E-state index in [-0.39, 0.29) is 5.15 Å². The first kappa shape index (κ1) is 11.7. The number of hydrogen-bond donors (Lipinski definition) is 1. The van der Waals surface area contributed by atoms with Crippen LogP contribution in [0.2, 0.25) is 5.15 Å². The van der Waals surface area contributed by atoms with Gasteiger partial charge >= 0.3 is 0 Å². The number of fused-ring (bicyclic) bond motifs is 1. The van der Waals surface area contributed by atoms with Gasteiger partial charge in [-0.3, -0.25) is 0 Å². The summed E-state index contributed by atoms with van der Waals surface area (Å²) in [4.78, 5) is 4.11. The maximum atomic E-state index is 9.02. The quantitative estimate of drug-likeness (QED) is 0.789. The van der Waals surface area contributed by atoms with Gasteiger partial charge in [-0.2, -0.15) is 5.26 Å². The second kappa shape index (κ2) is 4.72. The van der Waals surface area contributed by atoms with Gasteiger partial charge < -0.3 is 5.32 Å². The fraction of sp³-hybridized carbons (Fsp3) is 0.429. The second-order valence-corrected chi connectivity index (χ2v) is 5.25. The molecule has 92 valence electrons. The average molecular weight is 260 g/mol. The highest BCUT2D eigenvalue weighted by Gasteiger charge is 2.32. The number of aromatic nitrogens is 1. The second-order valence-electron chi connectivity index (χ2n) is 4.89. The summed E-state index contributed by atoms with van der Waals surface area (Å²) in [6, 6.07) is 4.37. The van der Waals surface area contributed by atoms with E-state index in [9.17, 15) is 0 Å². The standard InChI is InChI=1S/C14H14ClN3/c15-14-10(7-16)6-11(8-18-14)12-3-1-2-9-4-5-17-13(9)12/h3,6,8-9,13,17H,1-2,4-5H2/t9-,13+/m0/s1. The third-order valence-electron chi connectivity index (χ3n) is 3.88. The lowest BCUT2D eigenvalue weighted by Gasteiger charge is -2.27. The zero-order chi connectivity index (χ0) is 12.5. The molecule has 1 aromatic heterocycles. The Morgan fingerprint density at radius 2 is 2.33 bits per heavy atom. The van der Waals surface area contributed by atoms with Gasteiger partial charge in [0.1, 0.15) is 11.2 Å². The molecule has 2 atom stereocenters. The third-order valence-corrected chi connectivity index (χ3v) is 4.18. The van der Waals surface area contributed by atoms with Crippen LogP contribution in [0, 0.1) is 17.2 Å². The number of nitriles is 1. The molecule has 0 saturated carbocycles. The molecule has 0 aromatic carbocycles. The van der Waals surface area contributed by atoms with Crippen LogP contribution in [0.25, 0.3) is 5.57 Å². The maximum Gasteiger partial charge on any atom is 0.146 e. The Balaban J connectivity index is 1.99. The van der Waals surface area contributed by atoms with Crippen molar-refractivity contribution in [3.63, 3.8) is 0 Å². The van der Waals surface area contributed by atoms with E-state index >= 15 is 0 Å². The summed E-state index contributed by atoms with van der Waals surface area (Å²) in [6.45, 7) is 1.08. The molecule has 2 heterocycles. The van der Waals surface area contributed by atoms with Crippen molar-refractivity contribution in [3.8, 4) is 6.07 Å². The molecule has 0 radical (unpaired) electrons. The topological polar surface area (TPSA) is 48.7 Å². The minimum atomic E-state index is 0.286. The number of hydrogen-bond acceptors (Lipinski definition) is 3. The van der Waals surface area contributed by atoms with E-state index in [0.717, 1.165) is 24.4 Å². The average Bonchev–Trinajstić information content (AvgIpc) is 2.87. The van der Waals surface area contributed by atoms with Crippen LogP contribution in [-0.4, -0.2) is 17.6 Å². The van der Waals surface area contributed by atoms with Gasteiger partial charge in [-0.1, -0.05) is 17.7 Å². The summed E-state index contributed by atoms with van der Waals surface area (Å²) in [5.74, 6) is 0.728. The lowest BCUT2D eigenvalue weighted by molar-refractivity contribution is 0.470. The molecule has 1 fully saturated rings. The summed E-state index contributed by atoms with van der Waals surface area (Å²) in [5.41, 5.74) is 2.76. The van der Waals surface area contributed by atoms with Crippen LogP contribution in [0.4, 0.5) is 0 Å². The van der Waals surface area contributed by atoms with Crippen molar-refractivity contribution < 1.29 is 0 Å². The van der Waals surface area contributed by atoms with Crippen molar-refractivity contribution in [3.05, 3.63) is 34.6 Å². The molecule has 2 aliphatic rings. The molecule has 0 unspecified atom stereocenters. The minimum absolute atomic E-state index is 0.286. The summed E-state index contributed by atoms with van der Waals surface area (Å²) in [6.07, 6.45) is 7.66. The third kappa shape index (κ3) is 1.92. The van der Waals surface area contributed by atoms with Crippen molar-refractivity contribution in [2.45, 2.75) is 25.3 Å². The Kier molecular flexibility index (Phi) is 3.07. The SMILES string of the molecule is N#Cc1cc(C2=CCC[C@H]3CCN[C@@H]23)cnc1Cl. The lowest BCUT2D eigenvalue weighted by atomic mass is 9.82. The highest BCUT2D eigenvalue weighted by molar-refractivity contribution is 6.30. The van der Waals surface area contributed by atoms with Crippen LogP contribution < -0.4 is 5.32 Å². The van der Waals surface area contributed by atoms with E-state index in [1.807, 2.05) is 6.07 Å². The maximum absolute atomic E-state index is 9.02. The fourth-order valence-electron chi connectivity index (χ4n) is 2.99. The predicted molar refractivity (Wildman–Crippen MR) is 71.1 cm³/mol. The lowest BCUT2D eigenvalue weighted by Crippen LogP contribution is -2.30. The number of nitrogens with zero attached hydrogens (tertiary/aromatic N) is 2. The van der Waals surface area contributed by atoms with Crippen LogP contribution in [0.5, 0.6) is 0 Å². The molecule has 0 bridgehead atoms. The van der Waals surface area contributed by atoms with E-state index in [4.69, 9.17) is 16.9 Å². The van der Waals surface area contributed by atoms with Gasteiger partial charge in [-0.05, 0) is 48.9 Å². The molecule has 0 amide bonds. The zero-order valence-corrected chi connectivity index (χ0v) is 10.7. The minimum Gasteiger partial charge on any atom is -0.310 e. The Bertz CT molecular complexity index is 544. The van der Waals surface area contributed by atoms with Crippen molar-refractivity contribution in [2.75, 3.05) is 6.54 Å². The van der Waals surface area contributed by atoms with Crippen molar-refractivity contribution >= 4 is 17.2 Å². The van der Waals surface area contributed by atoms with Gasteiger partial charge in [0, 0.05) is 12.2 Å². The van der Waals surface area contributed by atoms with Crippen molar-refractivity contribution in [2.24, 2.45) is 5.92 Å². The Morgan fingerprint density at radius 1 is 1.44 bits per heavy atom. The Labute approximate surface area is 111 Å². The summed E-state index contributed by atoms with van der Waals surface area (Å²) >= 11 is 5.88.